The van der Waals surface area contributed by atoms with Crippen LogP contribution >= 0.6 is 0 Å². The van der Waals surface area contributed by atoms with Crippen LogP contribution in [0.25, 0.3) is 0 Å². The molecule has 0 spiro atoms. The molecule has 0 unspecified atom stereocenters. The Bertz CT molecular complexity index is 375. The van der Waals surface area contributed by atoms with Crippen molar-refractivity contribution in [3.05, 3.63) is 23.4 Å². The average molecular weight is 223 g/mol. The van der Waals surface area contributed by atoms with Gasteiger partial charge in [-0.3, -0.25) is 0 Å². The molecule has 1 aromatic rings. The smallest absolute Gasteiger partial charge is 0.339 e. The van der Waals surface area contributed by atoms with Gasteiger partial charge in [-0.1, -0.05) is 0 Å². The Labute approximate surface area is 95.6 Å². The molecule has 0 aliphatic heterocycles. The fraction of sp³-hybridized carbons (Fsp3) is 0.500. The number of carbonyl (C=O) groups excluding carboxylic acids is 1. The SMILES string of the molecule is CCOC(=O)c1cnc(OC(C)C)c(C)c1. The minimum Gasteiger partial charge on any atom is -0.475 e. The molecule has 4 nitrogen and oxygen atoms in total. The van der Waals surface area contributed by atoms with Gasteiger partial charge in [0.2, 0.25) is 5.88 Å². The number of carbonyl (C=O) groups is 1. The summed E-state index contributed by atoms with van der Waals surface area (Å²) in [5, 5.41) is 0. The van der Waals surface area contributed by atoms with Crippen molar-refractivity contribution in [2.24, 2.45) is 0 Å². The van der Waals surface area contributed by atoms with Gasteiger partial charge in [0.1, 0.15) is 0 Å². The zero-order valence-corrected chi connectivity index (χ0v) is 10.1. The predicted molar refractivity (Wildman–Crippen MR) is 60.7 cm³/mol. The highest BCUT2D eigenvalue weighted by atomic mass is 16.5. The van der Waals surface area contributed by atoms with Gasteiger partial charge in [-0.05, 0) is 33.8 Å². The van der Waals surface area contributed by atoms with Crippen LogP contribution in [0.3, 0.4) is 0 Å². The van der Waals surface area contributed by atoms with Crippen molar-refractivity contribution < 1.29 is 14.3 Å². The zero-order valence-electron chi connectivity index (χ0n) is 10.1. The number of nitrogens with zero attached hydrogens (tertiary/aromatic N) is 1. The molecule has 88 valence electrons. The van der Waals surface area contributed by atoms with E-state index in [0.717, 1.165) is 5.56 Å². The van der Waals surface area contributed by atoms with Crippen LogP contribution in [0.15, 0.2) is 12.3 Å². The number of ether oxygens (including phenoxy) is 2. The van der Waals surface area contributed by atoms with E-state index in [1.165, 1.54) is 6.20 Å². The third kappa shape index (κ3) is 3.22. The van der Waals surface area contributed by atoms with Crippen molar-refractivity contribution in [1.82, 2.24) is 4.98 Å². The van der Waals surface area contributed by atoms with Gasteiger partial charge in [-0.2, -0.15) is 0 Å². The molecular formula is C12H17NO3. The quantitative estimate of drug-likeness (QED) is 0.735. The Morgan fingerprint density at radius 3 is 2.69 bits per heavy atom. The molecule has 4 heteroatoms. The van der Waals surface area contributed by atoms with E-state index in [2.05, 4.69) is 4.98 Å². The molecule has 0 bridgehead atoms. The first-order valence-corrected chi connectivity index (χ1v) is 5.35. The number of hydrogen-bond acceptors (Lipinski definition) is 4. The highest BCUT2D eigenvalue weighted by Crippen LogP contribution is 2.17. The number of pyridine rings is 1. The second kappa shape index (κ2) is 5.49. The Balaban J connectivity index is 2.86. The summed E-state index contributed by atoms with van der Waals surface area (Å²) < 4.78 is 10.4. The topological polar surface area (TPSA) is 48.4 Å². The van der Waals surface area contributed by atoms with Gasteiger partial charge < -0.3 is 9.47 Å². The van der Waals surface area contributed by atoms with Crippen LogP contribution in [0.5, 0.6) is 5.88 Å². The van der Waals surface area contributed by atoms with Gasteiger partial charge >= 0.3 is 5.97 Å². The van der Waals surface area contributed by atoms with E-state index in [0.29, 0.717) is 18.1 Å². The van der Waals surface area contributed by atoms with Crippen LogP contribution in [0.1, 0.15) is 36.7 Å². The van der Waals surface area contributed by atoms with Crippen molar-refractivity contribution in [2.75, 3.05) is 6.61 Å². The summed E-state index contributed by atoms with van der Waals surface area (Å²) in [6.45, 7) is 7.85. The summed E-state index contributed by atoms with van der Waals surface area (Å²) in [6.07, 6.45) is 1.54. The highest BCUT2D eigenvalue weighted by Gasteiger charge is 2.10. The lowest BCUT2D eigenvalue weighted by Crippen LogP contribution is -2.10. The van der Waals surface area contributed by atoms with E-state index < -0.39 is 0 Å². The Hall–Kier alpha value is -1.58. The summed E-state index contributed by atoms with van der Waals surface area (Å²) in [5.41, 5.74) is 1.29. The molecular weight excluding hydrogens is 206 g/mol. The highest BCUT2D eigenvalue weighted by molar-refractivity contribution is 5.89. The number of aryl methyl sites for hydroxylation is 1. The molecule has 1 rings (SSSR count). The molecule has 0 aliphatic carbocycles. The Morgan fingerprint density at radius 1 is 1.50 bits per heavy atom. The molecule has 0 aromatic carbocycles. The Morgan fingerprint density at radius 2 is 2.19 bits per heavy atom. The summed E-state index contributed by atoms with van der Waals surface area (Å²) >= 11 is 0. The van der Waals surface area contributed by atoms with Crippen molar-refractivity contribution in [2.45, 2.75) is 33.8 Å². The van der Waals surface area contributed by atoms with Crippen LogP contribution < -0.4 is 4.74 Å². The van der Waals surface area contributed by atoms with Crippen LogP contribution in [-0.4, -0.2) is 23.7 Å². The molecule has 0 aliphatic rings. The maximum atomic E-state index is 11.4. The Kier molecular flexibility index (Phi) is 4.28. The summed E-state index contributed by atoms with van der Waals surface area (Å²) in [6, 6.07) is 1.72. The van der Waals surface area contributed by atoms with Crippen LogP contribution in [-0.2, 0) is 4.74 Å². The van der Waals surface area contributed by atoms with Crippen LogP contribution in [0, 0.1) is 6.92 Å². The molecule has 16 heavy (non-hydrogen) atoms. The first-order chi connectivity index (χ1) is 7.54. The van der Waals surface area contributed by atoms with Crippen molar-refractivity contribution >= 4 is 5.97 Å². The molecule has 0 radical (unpaired) electrons. The first-order valence-electron chi connectivity index (χ1n) is 5.35. The first kappa shape index (κ1) is 12.5. The van der Waals surface area contributed by atoms with Gasteiger partial charge in [0.05, 0.1) is 18.3 Å². The maximum absolute atomic E-state index is 11.4. The molecule has 1 heterocycles. The zero-order chi connectivity index (χ0) is 12.1. The number of esters is 1. The molecule has 0 amide bonds. The lowest BCUT2D eigenvalue weighted by Gasteiger charge is -2.11. The summed E-state index contributed by atoms with van der Waals surface area (Å²) in [7, 11) is 0. The van der Waals surface area contributed by atoms with Gasteiger partial charge in [0.15, 0.2) is 0 Å². The normalized spacial score (nSPS) is 10.3. The molecule has 0 N–H and O–H groups in total. The van der Waals surface area contributed by atoms with Gasteiger partial charge in [0, 0.05) is 11.8 Å². The largest absolute Gasteiger partial charge is 0.475 e. The van der Waals surface area contributed by atoms with Crippen LogP contribution in [0.2, 0.25) is 0 Å². The monoisotopic (exact) mass is 223 g/mol. The fourth-order valence-corrected chi connectivity index (χ4v) is 1.23. The van der Waals surface area contributed by atoms with E-state index in [4.69, 9.17) is 9.47 Å². The second-order valence-electron chi connectivity index (χ2n) is 3.73. The van der Waals surface area contributed by atoms with Crippen molar-refractivity contribution in [1.29, 1.82) is 0 Å². The predicted octanol–water partition coefficient (Wildman–Crippen LogP) is 2.35. The fourth-order valence-electron chi connectivity index (χ4n) is 1.23. The molecule has 0 saturated carbocycles. The number of aromatic nitrogens is 1. The van der Waals surface area contributed by atoms with E-state index in [1.54, 1.807) is 13.0 Å². The van der Waals surface area contributed by atoms with Gasteiger partial charge in [0.25, 0.3) is 0 Å². The summed E-state index contributed by atoms with van der Waals surface area (Å²) in [5.74, 6) is 0.206. The molecule has 0 atom stereocenters. The number of rotatable bonds is 4. The molecule has 1 aromatic heterocycles. The van der Waals surface area contributed by atoms with Crippen LogP contribution in [0.4, 0.5) is 0 Å². The van der Waals surface area contributed by atoms with Gasteiger partial charge in [-0.15, -0.1) is 0 Å². The molecule has 0 saturated heterocycles. The third-order valence-corrected chi connectivity index (χ3v) is 1.89. The minimum absolute atomic E-state index is 0.0691. The van der Waals surface area contributed by atoms with E-state index in [-0.39, 0.29) is 12.1 Å². The lowest BCUT2D eigenvalue weighted by molar-refractivity contribution is 0.0525. The van der Waals surface area contributed by atoms with Gasteiger partial charge in [-0.25, -0.2) is 9.78 Å². The van der Waals surface area contributed by atoms with Crippen molar-refractivity contribution in [3.63, 3.8) is 0 Å². The van der Waals surface area contributed by atoms with E-state index in [9.17, 15) is 4.79 Å². The third-order valence-electron chi connectivity index (χ3n) is 1.89. The minimum atomic E-state index is -0.353. The second-order valence-corrected chi connectivity index (χ2v) is 3.73. The summed E-state index contributed by atoms with van der Waals surface area (Å²) in [4.78, 5) is 15.5. The molecule has 0 fully saturated rings. The van der Waals surface area contributed by atoms with E-state index in [1.807, 2.05) is 20.8 Å². The van der Waals surface area contributed by atoms with Crippen molar-refractivity contribution in [3.8, 4) is 5.88 Å². The standard InChI is InChI=1S/C12H17NO3/c1-5-15-12(14)10-6-9(4)11(13-7-10)16-8(2)3/h6-8H,5H2,1-4H3. The average Bonchev–Trinajstić information content (AvgIpc) is 2.20. The lowest BCUT2D eigenvalue weighted by atomic mass is 10.2. The maximum Gasteiger partial charge on any atom is 0.339 e. The van der Waals surface area contributed by atoms with E-state index >= 15 is 0 Å². The number of hydrogen-bond donors (Lipinski definition) is 0.